The monoisotopic (exact) mass is 217 g/mol. The van der Waals surface area contributed by atoms with Crippen molar-refractivity contribution in [2.24, 2.45) is 0 Å². The van der Waals surface area contributed by atoms with Gasteiger partial charge in [0.2, 0.25) is 0 Å². The van der Waals surface area contributed by atoms with E-state index in [1.165, 1.54) is 6.92 Å². The van der Waals surface area contributed by atoms with Crippen LogP contribution in [0.4, 0.5) is 17.6 Å². The summed E-state index contributed by atoms with van der Waals surface area (Å²) in [5.41, 5.74) is -1.07. The van der Waals surface area contributed by atoms with Gasteiger partial charge in [-0.25, -0.2) is 4.39 Å². The van der Waals surface area contributed by atoms with E-state index < -0.39 is 23.5 Å². The van der Waals surface area contributed by atoms with Crippen LogP contribution in [0.3, 0.4) is 0 Å². The maximum atomic E-state index is 13.2. The first-order valence-corrected chi connectivity index (χ1v) is 4.12. The van der Waals surface area contributed by atoms with Gasteiger partial charge in [0.25, 0.3) is 0 Å². The Morgan fingerprint density at radius 3 is 2.33 bits per heavy atom. The van der Waals surface area contributed by atoms with Crippen molar-refractivity contribution in [1.29, 1.82) is 5.26 Å². The lowest BCUT2D eigenvalue weighted by molar-refractivity contribution is -0.137. The highest BCUT2D eigenvalue weighted by Crippen LogP contribution is 2.31. The Balaban J connectivity index is 3.16. The molecule has 0 aliphatic rings. The molecule has 0 fully saturated rings. The Kier molecular flexibility index (Phi) is 2.98. The fourth-order valence-electron chi connectivity index (χ4n) is 1.12. The summed E-state index contributed by atoms with van der Waals surface area (Å²) >= 11 is 0. The number of rotatable bonds is 1. The van der Waals surface area contributed by atoms with Gasteiger partial charge in [-0.2, -0.15) is 18.4 Å². The average Bonchev–Trinajstić information content (AvgIpc) is 2.15. The maximum absolute atomic E-state index is 13.2. The Bertz CT molecular complexity index is 403. The van der Waals surface area contributed by atoms with Crippen molar-refractivity contribution in [1.82, 2.24) is 0 Å². The summed E-state index contributed by atoms with van der Waals surface area (Å²) in [5.74, 6) is -1.76. The molecule has 0 saturated heterocycles. The van der Waals surface area contributed by atoms with Crippen LogP contribution in [0, 0.1) is 17.1 Å². The molecule has 0 aliphatic heterocycles. The Hall–Kier alpha value is -1.57. The Morgan fingerprint density at radius 1 is 1.33 bits per heavy atom. The third-order valence-electron chi connectivity index (χ3n) is 1.99. The summed E-state index contributed by atoms with van der Waals surface area (Å²) in [5, 5.41) is 8.50. The predicted molar refractivity (Wildman–Crippen MR) is 45.4 cm³/mol. The van der Waals surface area contributed by atoms with E-state index in [0.717, 1.165) is 12.1 Å². The molecular weight excluding hydrogens is 210 g/mol. The summed E-state index contributed by atoms with van der Waals surface area (Å²) in [6.45, 7) is 1.42. The third-order valence-corrected chi connectivity index (χ3v) is 1.99. The molecule has 1 aromatic carbocycles. The minimum atomic E-state index is -4.56. The maximum Gasteiger partial charge on any atom is 0.416 e. The lowest BCUT2D eigenvalue weighted by Gasteiger charge is -2.09. The van der Waals surface area contributed by atoms with Crippen LogP contribution in [0.25, 0.3) is 0 Å². The van der Waals surface area contributed by atoms with Crippen LogP contribution < -0.4 is 0 Å². The number of alkyl halides is 3. The number of hydrogen-bond acceptors (Lipinski definition) is 1. The van der Waals surface area contributed by atoms with E-state index in [0.29, 0.717) is 6.07 Å². The minimum absolute atomic E-state index is 0.0227. The molecule has 5 heteroatoms. The van der Waals surface area contributed by atoms with Gasteiger partial charge in [0, 0.05) is 5.56 Å². The summed E-state index contributed by atoms with van der Waals surface area (Å²) in [7, 11) is 0. The lowest BCUT2D eigenvalue weighted by Crippen LogP contribution is -2.06. The Labute approximate surface area is 83.9 Å². The van der Waals surface area contributed by atoms with Gasteiger partial charge in [-0.15, -0.1) is 0 Å². The van der Waals surface area contributed by atoms with E-state index >= 15 is 0 Å². The zero-order valence-electron chi connectivity index (χ0n) is 7.77. The van der Waals surface area contributed by atoms with Gasteiger partial charge in [-0.05, 0) is 19.1 Å². The van der Waals surface area contributed by atoms with Crippen molar-refractivity contribution < 1.29 is 17.6 Å². The zero-order valence-corrected chi connectivity index (χ0v) is 7.77. The highest BCUT2D eigenvalue weighted by molar-refractivity contribution is 5.31. The predicted octanol–water partition coefficient (Wildman–Crippen LogP) is 3.47. The molecule has 1 rings (SSSR count). The molecule has 0 radical (unpaired) electrons. The zero-order chi connectivity index (χ0) is 11.6. The molecule has 0 amide bonds. The van der Waals surface area contributed by atoms with Crippen LogP contribution in [-0.2, 0) is 6.18 Å². The van der Waals surface area contributed by atoms with Crippen LogP contribution in [0.1, 0.15) is 24.0 Å². The van der Waals surface area contributed by atoms with Gasteiger partial charge in [0.15, 0.2) is 0 Å². The quantitative estimate of drug-likeness (QED) is 0.660. The van der Waals surface area contributed by atoms with E-state index in [4.69, 9.17) is 5.26 Å². The fourth-order valence-corrected chi connectivity index (χ4v) is 1.12. The molecule has 0 aromatic heterocycles. The Morgan fingerprint density at radius 2 is 1.93 bits per heavy atom. The molecule has 1 atom stereocenters. The molecule has 0 saturated carbocycles. The van der Waals surface area contributed by atoms with Gasteiger partial charge in [0.1, 0.15) is 5.82 Å². The highest BCUT2D eigenvalue weighted by atomic mass is 19.4. The standard InChI is InChI=1S/C10H7F4N/c1-6(5-15)8-3-2-7(4-9(8)11)10(12,13)14/h2-4,6H,1H3. The molecule has 0 aliphatic carbocycles. The summed E-state index contributed by atoms with van der Waals surface area (Å²) < 4.78 is 49.6. The number of nitriles is 1. The largest absolute Gasteiger partial charge is 0.416 e. The SMILES string of the molecule is CC(C#N)c1ccc(C(F)(F)F)cc1F. The van der Waals surface area contributed by atoms with Crippen molar-refractivity contribution in [2.45, 2.75) is 19.0 Å². The molecule has 15 heavy (non-hydrogen) atoms. The number of nitrogens with zero attached hydrogens (tertiary/aromatic N) is 1. The van der Waals surface area contributed by atoms with Crippen LogP contribution in [0.5, 0.6) is 0 Å². The molecule has 1 nitrogen and oxygen atoms in total. The van der Waals surface area contributed by atoms with Crippen molar-refractivity contribution in [2.75, 3.05) is 0 Å². The van der Waals surface area contributed by atoms with E-state index in [9.17, 15) is 17.6 Å². The number of hydrogen-bond donors (Lipinski definition) is 0. The van der Waals surface area contributed by atoms with Gasteiger partial charge >= 0.3 is 6.18 Å². The van der Waals surface area contributed by atoms with E-state index in [2.05, 4.69) is 0 Å². The molecule has 1 unspecified atom stereocenters. The molecule has 0 heterocycles. The van der Waals surface area contributed by atoms with Crippen LogP contribution in [0.2, 0.25) is 0 Å². The van der Waals surface area contributed by atoms with Gasteiger partial charge in [-0.1, -0.05) is 6.07 Å². The van der Waals surface area contributed by atoms with Crippen LogP contribution >= 0.6 is 0 Å². The molecule has 0 N–H and O–H groups in total. The van der Waals surface area contributed by atoms with Crippen molar-refractivity contribution in [3.05, 3.63) is 35.1 Å². The lowest BCUT2D eigenvalue weighted by atomic mass is 10.0. The number of benzene rings is 1. The fraction of sp³-hybridized carbons (Fsp3) is 0.300. The van der Waals surface area contributed by atoms with Gasteiger partial charge < -0.3 is 0 Å². The van der Waals surface area contributed by atoms with E-state index in [1.807, 2.05) is 0 Å². The van der Waals surface area contributed by atoms with Crippen molar-refractivity contribution >= 4 is 0 Å². The topological polar surface area (TPSA) is 23.8 Å². The van der Waals surface area contributed by atoms with E-state index in [-0.39, 0.29) is 5.56 Å². The first-order chi connectivity index (χ1) is 6.86. The number of halogens is 4. The molecule has 0 bridgehead atoms. The van der Waals surface area contributed by atoms with Crippen LogP contribution in [-0.4, -0.2) is 0 Å². The van der Waals surface area contributed by atoms with Gasteiger partial charge in [-0.3, -0.25) is 0 Å². The molecular formula is C10H7F4N. The second-order valence-corrected chi connectivity index (χ2v) is 3.08. The van der Waals surface area contributed by atoms with Crippen LogP contribution in [0.15, 0.2) is 18.2 Å². The van der Waals surface area contributed by atoms with E-state index in [1.54, 1.807) is 6.07 Å². The summed E-state index contributed by atoms with van der Waals surface area (Å²) in [6.07, 6.45) is -4.56. The first kappa shape index (κ1) is 11.5. The average molecular weight is 217 g/mol. The van der Waals surface area contributed by atoms with Gasteiger partial charge in [0.05, 0.1) is 17.6 Å². The summed E-state index contributed by atoms with van der Waals surface area (Å²) in [6, 6.07) is 3.93. The molecule has 80 valence electrons. The smallest absolute Gasteiger partial charge is 0.207 e. The second-order valence-electron chi connectivity index (χ2n) is 3.08. The molecule has 0 spiro atoms. The van der Waals surface area contributed by atoms with Crippen molar-refractivity contribution in [3.8, 4) is 6.07 Å². The summed E-state index contributed by atoms with van der Waals surface area (Å²) in [4.78, 5) is 0. The van der Waals surface area contributed by atoms with Crippen molar-refractivity contribution in [3.63, 3.8) is 0 Å². The highest BCUT2D eigenvalue weighted by Gasteiger charge is 2.31. The normalized spacial score (nSPS) is 13.3. The molecule has 1 aromatic rings. The second kappa shape index (κ2) is 3.89. The first-order valence-electron chi connectivity index (χ1n) is 4.12. The minimum Gasteiger partial charge on any atom is -0.207 e. The third kappa shape index (κ3) is 2.46.